The lowest BCUT2D eigenvalue weighted by molar-refractivity contribution is 0.551. The van der Waals surface area contributed by atoms with E-state index in [0.29, 0.717) is 22.0 Å². The van der Waals surface area contributed by atoms with Crippen LogP contribution < -0.4 is 11.2 Å². The standard InChI is InChI=1S/C25H22Cl2N2O2S/c1-15(17-7-3-2-4-8-17)29-23(30)22-18-9-5-6-10-21(18)32-24(22)28(25(29)31)14-16-11-12-19(26)20(27)13-16/h2-4,7-8,11-13,15H,5-6,9-10,14H2,1H3. The first-order chi connectivity index (χ1) is 15.5. The molecule has 0 spiro atoms. The lowest BCUT2D eigenvalue weighted by atomic mass is 9.97. The number of nitrogens with zero attached hydrogens (tertiary/aromatic N) is 2. The Bertz CT molecular complexity index is 1440. The molecule has 0 saturated heterocycles. The SMILES string of the molecule is CC(c1ccccc1)n1c(=O)c2c3c(sc2n(Cc2ccc(Cl)c(Cl)c2)c1=O)CCCC3. The van der Waals surface area contributed by atoms with Crippen molar-refractivity contribution in [3.8, 4) is 0 Å². The number of rotatable bonds is 4. The molecule has 1 aliphatic carbocycles. The Morgan fingerprint density at radius 3 is 2.50 bits per heavy atom. The summed E-state index contributed by atoms with van der Waals surface area (Å²) in [7, 11) is 0. The van der Waals surface area contributed by atoms with Gasteiger partial charge in [0.25, 0.3) is 5.56 Å². The van der Waals surface area contributed by atoms with Crippen LogP contribution in [0.25, 0.3) is 10.2 Å². The van der Waals surface area contributed by atoms with E-state index in [4.69, 9.17) is 23.2 Å². The van der Waals surface area contributed by atoms with E-state index in [1.54, 1.807) is 28.0 Å². The highest BCUT2D eigenvalue weighted by Gasteiger charge is 2.25. The third kappa shape index (κ3) is 3.62. The van der Waals surface area contributed by atoms with Gasteiger partial charge in [0.05, 0.1) is 28.0 Å². The molecule has 0 bridgehead atoms. The van der Waals surface area contributed by atoms with E-state index in [0.717, 1.165) is 47.2 Å². The van der Waals surface area contributed by atoms with Crippen molar-refractivity contribution in [2.24, 2.45) is 0 Å². The first-order valence-corrected chi connectivity index (χ1v) is 12.3. The van der Waals surface area contributed by atoms with E-state index < -0.39 is 0 Å². The van der Waals surface area contributed by atoms with Gasteiger partial charge >= 0.3 is 5.69 Å². The lowest BCUT2D eigenvalue weighted by Gasteiger charge is -2.18. The van der Waals surface area contributed by atoms with Gasteiger partial charge in [-0.15, -0.1) is 11.3 Å². The molecule has 0 radical (unpaired) electrons. The predicted molar refractivity (Wildman–Crippen MR) is 133 cm³/mol. The maximum absolute atomic E-state index is 13.8. The first-order valence-electron chi connectivity index (χ1n) is 10.7. The highest BCUT2D eigenvalue weighted by atomic mass is 35.5. The maximum atomic E-state index is 13.8. The number of thiophene rings is 1. The molecule has 4 aromatic rings. The highest BCUT2D eigenvalue weighted by Crippen LogP contribution is 2.35. The van der Waals surface area contributed by atoms with Crippen molar-refractivity contribution < 1.29 is 0 Å². The number of fused-ring (bicyclic) bond motifs is 3. The molecular weight excluding hydrogens is 463 g/mol. The topological polar surface area (TPSA) is 44.0 Å². The van der Waals surface area contributed by atoms with Gasteiger partial charge in [-0.25, -0.2) is 4.79 Å². The quantitative estimate of drug-likeness (QED) is 0.352. The largest absolute Gasteiger partial charge is 0.332 e. The third-order valence-electron chi connectivity index (χ3n) is 6.26. The summed E-state index contributed by atoms with van der Waals surface area (Å²) in [5.41, 5.74) is 2.43. The fourth-order valence-electron chi connectivity index (χ4n) is 4.57. The molecule has 0 fully saturated rings. The Kier molecular flexibility index (Phi) is 5.74. The molecule has 0 aliphatic heterocycles. The summed E-state index contributed by atoms with van der Waals surface area (Å²) in [6, 6.07) is 14.7. The van der Waals surface area contributed by atoms with Gasteiger partial charge in [0.2, 0.25) is 0 Å². The van der Waals surface area contributed by atoms with Gasteiger partial charge in [-0.3, -0.25) is 13.9 Å². The number of hydrogen-bond donors (Lipinski definition) is 0. The summed E-state index contributed by atoms with van der Waals surface area (Å²) >= 11 is 13.9. The minimum Gasteiger partial charge on any atom is -0.280 e. The number of hydrogen-bond acceptors (Lipinski definition) is 3. The molecule has 0 saturated carbocycles. The van der Waals surface area contributed by atoms with Crippen molar-refractivity contribution in [1.29, 1.82) is 0 Å². The minimum absolute atomic E-state index is 0.189. The second-order valence-electron chi connectivity index (χ2n) is 8.27. The molecule has 0 amide bonds. The van der Waals surface area contributed by atoms with Crippen LogP contribution in [0.2, 0.25) is 10.0 Å². The van der Waals surface area contributed by atoms with Crippen LogP contribution in [0.3, 0.4) is 0 Å². The van der Waals surface area contributed by atoms with Gasteiger partial charge < -0.3 is 0 Å². The number of aryl methyl sites for hydroxylation is 2. The van der Waals surface area contributed by atoms with Crippen LogP contribution in [0.4, 0.5) is 0 Å². The fraction of sp³-hybridized carbons (Fsp3) is 0.280. The zero-order chi connectivity index (χ0) is 22.4. The van der Waals surface area contributed by atoms with Crippen LogP contribution in [0.15, 0.2) is 58.1 Å². The molecule has 0 N–H and O–H groups in total. The Hall–Kier alpha value is -2.34. The van der Waals surface area contributed by atoms with Gasteiger partial charge in [-0.2, -0.15) is 0 Å². The maximum Gasteiger partial charge on any atom is 0.332 e. The highest BCUT2D eigenvalue weighted by molar-refractivity contribution is 7.18. The molecule has 1 atom stereocenters. The van der Waals surface area contributed by atoms with Crippen molar-refractivity contribution in [2.45, 2.75) is 45.2 Å². The van der Waals surface area contributed by atoms with Gasteiger partial charge in [0, 0.05) is 4.88 Å². The van der Waals surface area contributed by atoms with Crippen LogP contribution in [0.5, 0.6) is 0 Å². The normalized spacial score (nSPS) is 14.5. The summed E-state index contributed by atoms with van der Waals surface area (Å²) in [6.45, 7) is 2.24. The van der Waals surface area contributed by atoms with E-state index in [9.17, 15) is 9.59 Å². The summed E-state index contributed by atoms with van der Waals surface area (Å²) in [5, 5.41) is 1.62. The molecular formula is C25H22Cl2N2O2S. The summed E-state index contributed by atoms with van der Waals surface area (Å²) in [5.74, 6) is 0. The summed E-state index contributed by atoms with van der Waals surface area (Å²) < 4.78 is 3.15. The molecule has 2 aromatic carbocycles. The van der Waals surface area contributed by atoms with Crippen LogP contribution in [0, 0.1) is 0 Å². The lowest BCUT2D eigenvalue weighted by Crippen LogP contribution is -2.42. The van der Waals surface area contributed by atoms with Gasteiger partial charge in [-0.1, -0.05) is 59.6 Å². The van der Waals surface area contributed by atoms with Gasteiger partial charge in [-0.05, 0) is 61.4 Å². The second-order valence-corrected chi connectivity index (χ2v) is 10.2. The van der Waals surface area contributed by atoms with Crippen molar-refractivity contribution in [2.75, 3.05) is 0 Å². The van der Waals surface area contributed by atoms with E-state index in [-0.39, 0.29) is 17.3 Å². The van der Waals surface area contributed by atoms with Crippen LogP contribution in [0.1, 0.15) is 47.4 Å². The molecule has 164 valence electrons. The fourth-order valence-corrected chi connectivity index (χ4v) is 6.26. The Labute approximate surface area is 199 Å². The zero-order valence-corrected chi connectivity index (χ0v) is 19.9. The van der Waals surface area contributed by atoms with E-state index in [1.807, 2.05) is 43.3 Å². The first kappa shape index (κ1) is 21.5. The molecule has 4 nitrogen and oxygen atoms in total. The Balaban J connectivity index is 1.78. The van der Waals surface area contributed by atoms with Gasteiger partial charge in [0.1, 0.15) is 4.83 Å². The number of halogens is 2. The molecule has 1 aliphatic rings. The van der Waals surface area contributed by atoms with Gasteiger partial charge in [0.15, 0.2) is 0 Å². The Morgan fingerprint density at radius 2 is 1.75 bits per heavy atom. The van der Waals surface area contributed by atoms with Crippen molar-refractivity contribution in [1.82, 2.24) is 9.13 Å². The number of benzene rings is 2. The summed E-state index contributed by atoms with van der Waals surface area (Å²) in [6.07, 6.45) is 4.03. The molecule has 32 heavy (non-hydrogen) atoms. The molecule has 1 unspecified atom stereocenters. The summed E-state index contributed by atoms with van der Waals surface area (Å²) in [4.78, 5) is 29.5. The zero-order valence-electron chi connectivity index (χ0n) is 17.6. The third-order valence-corrected chi connectivity index (χ3v) is 8.32. The predicted octanol–water partition coefficient (Wildman–Crippen LogP) is 6.07. The second kappa shape index (κ2) is 8.54. The van der Waals surface area contributed by atoms with E-state index in [2.05, 4.69) is 0 Å². The van der Waals surface area contributed by atoms with Crippen molar-refractivity contribution >= 4 is 44.8 Å². The Morgan fingerprint density at radius 1 is 1.00 bits per heavy atom. The van der Waals surface area contributed by atoms with Crippen LogP contribution in [-0.2, 0) is 19.4 Å². The molecule has 5 rings (SSSR count). The van der Waals surface area contributed by atoms with E-state index >= 15 is 0 Å². The van der Waals surface area contributed by atoms with Crippen LogP contribution in [-0.4, -0.2) is 9.13 Å². The average molecular weight is 485 g/mol. The monoisotopic (exact) mass is 484 g/mol. The van der Waals surface area contributed by atoms with Crippen molar-refractivity contribution in [3.63, 3.8) is 0 Å². The van der Waals surface area contributed by atoms with Crippen molar-refractivity contribution in [3.05, 3.63) is 101 Å². The molecule has 7 heteroatoms. The molecule has 2 heterocycles. The van der Waals surface area contributed by atoms with Crippen LogP contribution >= 0.6 is 34.5 Å². The average Bonchev–Trinajstić information content (AvgIpc) is 3.19. The van der Waals surface area contributed by atoms with E-state index in [1.165, 1.54) is 9.44 Å². The smallest absolute Gasteiger partial charge is 0.280 e. The number of aromatic nitrogens is 2. The minimum atomic E-state index is -0.375. The molecule has 2 aromatic heterocycles.